The second-order valence-electron chi connectivity index (χ2n) is 3.74. The lowest BCUT2D eigenvalue weighted by Crippen LogP contribution is -2.08. The molecular weight excluding hydrogens is 223 g/mol. The molecule has 0 radical (unpaired) electrons. The van der Waals surface area contributed by atoms with Crippen molar-refractivity contribution in [2.75, 3.05) is 0 Å². The summed E-state index contributed by atoms with van der Waals surface area (Å²) in [5.41, 5.74) is -1.82. The first-order valence-electron chi connectivity index (χ1n) is 4.60. The predicted octanol–water partition coefficient (Wildman–Crippen LogP) is 3.44. The van der Waals surface area contributed by atoms with Gasteiger partial charge in [-0.15, -0.1) is 0 Å². The monoisotopic (exact) mass is 233 g/mol. The van der Waals surface area contributed by atoms with E-state index >= 15 is 0 Å². The Labute approximate surface area is 90.0 Å². The van der Waals surface area contributed by atoms with Gasteiger partial charge in [0.15, 0.2) is 5.82 Å². The summed E-state index contributed by atoms with van der Waals surface area (Å²) in [5.74, 6) is -4.85. The minimum atomic E-state index is -1.74. The average molecular weight is 233 g/mol. The zero-order chi connectivity index (χ0) is 12.6. The van der Waals surface area contributed by atoms with Crippen LogP contribution < -0.4 is 0 Å². The largest absolute Gasteiger partial charge is 0.343 e. The summed E-state index contributed by atoms with van der Waals surface area (Å²) in [7, 11) is 0. The molecular formula is C10H10F3NO2. The van der Waals surface area contributed by atoms with Crippen molar-refractivity contribution in [2.45, 2.75) is 26.7 Å². The SMILES string of the molecule is Cc1c(F)c([N+](=O)[O-])c(F)c(F)c1C(C)C. The van der Waals surface area contributed by atoms with Crippen molar-refractivity contribution < 1.29 is 18.1 Å². The molecule has 3 nitrogen and oxygen atoms in total. The van der Waals surface area contributed by atoms with Crippen LogP contribution >= 0.6 is 0 Å². The molecule has 0 fully saturated rings. The average Bonchev–Trinajstić information content (AvgIpc) is 2.14. The molecule has 0 saturated carbocycles. The molecule has 1 aromatic carbocycles. The van der Waals surface area contributed by atoms with Crippen molar-refractivity contribution >= 4 is 5.69 Å². The number of rotatable bonds is 2. The Morgan fingerprint density at radius 3 is 2.00 bits per heavy atom. The van der Waals surface area contributed by atoms with E-state index in [-0.39, 0.29) is 11.1 Å². The molecule has 0 heterocycles. The summed E-state index contributed by atoms with van der Waals surface area (Å²) in [6, 6.07) is 0. The number of hydrogen-bond acceptors (Lipinski definition) is 2. The van der Waals surface area contributed by atoms with Gasteiger partial charge in [0.2, 0.25) is 11.6 Å². The molecule has 0 atom stereocenters. The summed E-state index contributed by atoms with van der Waals surface area (Å²) in [6.07, 6.45) is 0. The van der Waals surface area contributed by atoms with Crippen LogP contribution in [0.1, 0.15) is 30.9 Å². The van der Waals surface area contributed by atoms with E-state index in [0.717, 1.165) is 0 Å². The summed E-state index contributed by atoms with van der Waals surface area (Å²) in [5, 5.41) is 10.4. The van der Waals surface area contributed by atoms with Gasteiger partial charge < -0.3 is 0 Å². The lowest BCUT2D eigenvalue weighted by molar-refractivity contribution is -0.390. The van der Waals surface area contributed by atoms with Gasteiger partial charge in [0.25, 0.3) is 0 Å². The molecule has 0 aliphatic carbocycles. The first kappa shape index (κ1) is 12.5. The van der Waals surface area contributed by atoms with Gasteiger partial charge in [-0.1, -0.05) is 13.8 Å². The highest BCUT2D eigenvalue weighted by Gasteiger charge is 2.31. The summed E-state index contributed by atoms with van der Waals surface area (Å²) < 4.78 is 40.2. The van der Waals surface area contributed by atoms with Crippen LogP contribution in [0.25, 0.3) is 0 Å². The smallest absolute Gasteiger partial charge is 0.258 e. The van der Waals surface area contributed by atoms with Gasteiger partial charge in [-0.2, -0.15) is 8.78 Å². The van der Waals surface area contributed by atoms with Gasteiger partial charge in [-0.25, -0.2) is 4.39 Å². The van der Waals surface area contributed by atoms with Gasteiger partial charge in [-0.05, 0) is 24.0 Å². The van der Waals surface area contributed by atoms with Gasteiger partial charge in [0.05, 0.1) is 4.92 Å². The third kappa shape index (κ3) is 1.75. The number of nitrogens with zero attached hydrogens (tertiary/aromatic N) is 1. The summed E-state index contributed by atoms with van der Waals surface area (Å²) in [4.78, 5) is 9.13. The van der Waals surface area contributed by atoms with Crippen molar-refractivity contribution in [2.24, 2.45) is 0 Å². The molecule has 88 valence electrons. The van der Waals surface area contributed by atoms with Crippen LogP contribution in [-0.2, 0) is 0 Å². The van der Waals surface area contributed by atoms with Crippen LogP contribution in [0, 0.1) is 34.5 Å². The van der Waals surface area contributed by atoms with Crippen LogP contribution in [-0.4, -0.2) is 4.92 Å². The number of halogens is 3. The minimum absolute atomic E-state index is 0.166. The second-order valence-corrected chi connectivity index (χ2v) is 3.74. The van der Waals surface area contributed by atoms with E-state index in [1.165, 1.54) is 6.92 Å². The Balaban J connectivity index is 3.70. The molecule has 1 rings (SSSR count). The summed E-state index contributed by atoms with van der Waals surface area (Å²) in [6.45, 7) is 4.30. The van der Waals surface area contributed by atoms with Crippen LogP contribution in [0.4, 0.5) is 18.9 Å². The Bertz CT molecular complexity index is 429. The zero-order valence-corrected chi connectivity index (χ0v) is 8.97. The molecule has 0 aromatic heterocycles. The van der Waals surface area contributed by atoms with E-state index in [0.29, 0.717) is 0 Å². The first-order valence-corrected chi connectivity index (χ1v) is 4.60. The van der Waals surface area contributed by atoms with Crippen molar-refractivity contribution in [1.82, 2.24) is 0 Å². The number of nitro benzene ring substituents is 1. The fraction of sp³-hybridized carbons (Fsp3) is 0.400. The van der Waals surface area contributed by atoms with Crippen LogP contribution in [0.2, 0.25) is 0 Å². The number of benzene rings is 1. The Morgan fingerprint density at radius 2 is 1.62 bits per heavy atom. The highest BCUT2D eigenvalue weighted by Crippen LogP contribution is 2.33. The predicted molar refractivity (Wildman–Crippen MR) is 51.8 cm³/mol. The van der Waals surface area contributed by atoms with Gasteiger partial charge in [-0.3, -0.25) is 10.1 Å². The number of hydrogen-bond donors (Lipinski definition) is 0. The Morgan fingerprint density at radius 1 is 1.12 bits per heavy atom. The van der Waals surface area contributed by atoms with E-state index < -0.39 is 34.0 Å². The lowest BCUT2D eigenvalue weighted by Gasteiger charge is -2.12. The van der Waals surface area contributed by atoms with Crippen molar-refractivity contribution in [1.29, 1.82) is 0 Å². The van der Waals surface area contributed by atoms with E-state index in [4.69, 9.17) is 0 Å². The maximum atomic E-state index is 13.5. The van der Waals surface area contributed by atoms with Gasteiger partial charge in [0.1, 0.15) is 0 Å². The van der Waals surface area contributed by atoms with Gasteiger partial charge >= 0.3 is 5.69 Å². The minimum Gasteiger partial charge on any atom is -0.258 e. The van der Waals surface area contributed by atoms with E-state index in [2.05, 4.69) is 0 Å². The zero-order valence-electron chi connectivity index (χ0n) is 8.97. The molecule has 0 aliphatic rings. The Hall–Kier alpha value is -1.59. The van der Waals surface area contributed by atoms with Gasteiger partial charge in [0, 0.05) is 0 Å². The maximum absolute atomic E-state index is 13.5. The van der Waals surface area contributed by atoms with Crippen molar-refractivity contribution in [3.8, 4) is 0 Å². The molecule has 0 saturated heterocycles. The molecule has 0 N–H and O–H groups in total. The second kappa shape index (κ2) is 4.11. The summed E-state index contributed by atoms with van der Waals surface area (Å²) >= 11 is 0. The normalized spacial score (nSPS) is 10.9. The first-order chi connectivity index (χ1) is 7.29. The number of nitro groups is 1. The molecule has 1 aromatic rings. The molecule has 16 heavy (non-hydrogen) atoms. The van der Waals surface area contributed by atoms with E-state index in [1.807, 2.05) is 0 Å². The van der Waals surface area contributed by atoms with E-state index in [1.54, 1.807) is 13.8 Å². The highest BCUT2D eigenvalue weighted by atomic mass is 19.2. The molecule has 0 aliphatic heterocycles. The van der Waals surface area contributed by atoms with Crippen LogP contribution in [0.5, 0.6) is 0 Å². The fourth-order valence-electron chi connectivity index (χ4n) is 1.63. The topological polar surface area (TPSA) is 43.1 Å². The lowest BCUT2D eigenvalue weighted by atomic mass is 9.96. The quantitative estimate of drug-likeness (QED) is 0.446. The van der Waals surface area contributed by atoms with Crippen LogP contribution in [0.15, 0.2) is 0 Å². The molecule has 0 amide bonds. The molecule has 0 unspecified atom stereocenters. The third-order valence-electron chi connectivity index (χ3n) is 2.34. The van der Waals surface area contributed by atoms with E-state index in [9.17, 15) is 23.3 Å². The fourth-order valence-corrected chi connectivity index (χ4v) is 1.63. The highest BCUT2D eigenvalue weighted by molar-refractivity contribution is 5.45. The molecule has 0 bridgehead atoms. The third-order valence-corrected chi connectivity index (χ3v) is 2.34. The standard InChI is InChI=1S/C10H10F3NO2/c1-4(2)6-5(3)7(11)10(14(15)16)9(13)8(6)12/h4H,1-3H3. The Kier molecular flexibility index (Phi) is 3.21. The van der Waals surface area contributed by atoms with Crippen molar-refractivity contribution in [3.63, 3.8) is 0 Å². The van der Waals surface area contributed by atoms with Crippen molar-refractivity contribution in [3.05, 3.63) is 38.7 Å². The molecule has 0 spiro atoms. The van der Waals surface area contributed by atoms with Crippen LogP contribution in [0.3, 0.4) is 0 Å². The molecule has 6 heteroatoms. The maximum Gasteiger partial charge on any atom is 0.343 e.